The molecule has 2 aliphatic rings. The molecule has 0 unspecified atom stereocenters. The van der Waals surface area contributed by atoms with Gasteiger partial charge in [0.25, 0.3) is 5.91 Å². The van der Waals surface area contributed by atoms with Crippen LogP contribution in [0.2, 0.25) is 0 Å². The Morgan fingerprint density at radius 3 is 2.21 bits per heavy atom. The second-order valence-electron chi connectivity index (χ2n) is 8.89. The zero-order chi connectivity index (χ0) is 20.9. The Balaban J connectivity index is 1.67. The lowest BCUT2D eigenvalue weighted by Crippen LogP contribution is -2.53. The highest BCUT2D eigenvalue weighted by atomic mass is 32.2. The molecule has 0 bridgehead atoms. The summed E-state index contributed by atoms with van der Waals surface area (Å²) >= 11 is 0. The van der Waals surface area contributed by atoms with Crippen LogP contribution in [0.1, 0.15) is 69.2 Å². The van der Waals surface area contributed by atoms with E-state index in [2.05, 4.69) is 24.1 Å². The molecule has 2 aliphatic heterocycles. The predicted molar refractivity (Wildman–Crippen MR) is 116 cm³/mol. The topological polar surface area (TPSA) is 69.7 Å². The van der Waals surface area contributed by atoms with Crippen molar-refractivity contribution in [2.24, 2.45) is 0 Å². The van der Waals surface area contributed by atoms with Crippen LogP contribution in [0.3, 0.4) is 0 Å². The second kappa shape index (κ2) is 9.58. The van der Waals surface area contributed by atoms with Crippen LogP contribution in [-0.4, -0.2) is 61.8 Å². The number of hydrogen-bond acceptors (Lipinski definition) is 4. The molecule has 0 radical (unpaired) electrons. The highest BCUT2D eigenvalue weighted by molar-refractivity contribution is 7.89. The fourth-order valence-corrected chi connectivity index (χ4v) is 5.80. The third kappa shape index (κ3) is 5.58. The molecule has 162 valence electrons. The number of carbonyl (C=O) groups is 1. The largest absolute Gasteiger partial charge is 0.350 e. The van der Waals surface area contributed by atoms with Gasteiger partial charge in [0, 0.05) is 30.7 Å². The van der Waals surface area contributed by atoms with Gasteiger partial charge < -0.3 is 5.32 Å². The van der Waals surface area contributed by atoms with Gasteiger partial charge in [-0.3, -0.25) is 9.69 Å². The molecule has 7 heteroatoms. The van der Waals surface area contributed by atoms with Crippen molar-refractivity contribution < 1.29 is 13.2 Å². The van der Waals surface area contributed by atoms with E-state index in [0.717, 1.165) is 38.8 Å². The van der Waals surface area contributed by atoms with Crippen LogP contribution in [0.25, 0.3) is 0 Å². The number of piperidine rings is 1. The van der Waals surface area contributed by atoms with Crippen molar-refractivity contribution in [1.82, 2.24) is 14.5 Å². The quantitative estimate of drug-likeness (QED) is 0.766. The molecule has 1 aromatic rings. The van der Waals surface area contributed by atoms with E-state index in [4.69, 9.17) is 0 Å². The van der Waals surface area contributed by atoms with Crippen LogP contribution in [0.4, 0.5) is 0 Å². The van der Waals surface area contributed by atoms with Crippen LogP contribution >= 0.6 is 0 Å². The lowest BCUT2D eigenvalue weighted by molar-refractivity contribution is 0.0797. The van der Waals surface area contributed by atoms with Crippen molar-refractivity contribution in [2.75, 3.05) is 32.7 Å². The van der Waals surface area contributed by atoms with Gasteiger partial charge >= 0.3 is 0 Å². The molecule has 1 aromatic carbocycles. The molecule has 1 amide bonds. The average molecular weight is 422 g/mol. The van der Waals surface area contributed by atoms with Crippen LogP contribution in [0.5, 0.6) is 0 Å². The van der Waals surface area contributed by atoms with Crippen molar-refractivity contribution in [3.05, 3.63) is 29.8 Å². The number of carbonyl (C=O) groups excluding carboxylic acids is 1. The number of rotatable bonds is 6. The first-order chi connectivity index (χ1) is 13.8. The highest BCUT2D eigenvalue weighted by Gasteiger charge is 2.29. The van der Waals surface area contributed by atoms with E-state index in [1.165, 1.54) is 25.3 Å². The molecule has 29 heavy (non-hydrogen) atoms. The predicted octanol–water partition coefficient (Wildman–Crippen LogP) is 3.25. The summed E-state index contributed by atoms with van der Waals surface area (Å²) in [5, 5.41) is 3.02. The summed E-state index contributed by atoms with van der Waals surface area (Å²) in [6.45, 7) is 8.08. The van der Waals surface area contributed by atoms with Crippen molar-refractivity contribution >= 4 is 15.9 Å². The summed E-state index contributed by atoms with van der Waals surface area (Å²) in [5.41, 5.74) is 0.279. The molecule has 3 rings (SSSR count). The molecule has 1 N–H and O–H groups in total. The van der Waals surface area contributed by atoms with Gasteiger partial charge in [0.05, 0.1) is 4.90 Å². The van der Waals surface area contributed by atoms with E-state index in [1.54, 1.807) is 22.5 Å². The fourth-order valence-electron chi connectivity index (χ4n) is 4.24. The Hall–Kier alpha value is -1.44. The molecular weight excluding hydrogens is 386 g/mol. The number of sulfonamides is 1. The number of likely N-dealkylation sites (tertiary alicyclic amines) is 1. The first kappa shape index (κ1) is 22.2. The van der Waals surface area contributed by atoms with Crippen LogP contribution in [0, 0.1) is 0 Å². The van der Waals surface area contributed by atoms with E-state index < -0.39 is 10.0 Å². The second-order valence-corrected chi connectivity index (χ2v) is 10.8. The number of amides is 1. The zero-order valence-electron chi connectivity index (χ0n) is 17.8. The Kier molecular flexibility index (Phi) is 7.35. The lowest BCUT2D eigenvalue weighted by atomic mass is 9.98. The highest BCUT2D eigenvalue weighted by Crippen LogP contribution is 2.22. The summed E-state index contributed by atoms with van der Waals surface area (Å²) < 4.78 is 27.6. The normalized spacial score (nSPS) is 20.2. The summed E-state index contributed by atoms with van der Waals surface area (Å²) in [5.74, 6) is -0.219. The molecule has 2 fully saturated rings. The molecular formula is C22H35N3O3S. The molecule has 2 heterocycles. The molecule has 0 spiro atoms. The molecule has 2 saturated heterocycles. The van der Waals surface area contributed by atoms with E-state index in [9.17, 15) is 13.2 Å². The standard InChI is InChI=1S/C22H35N3O3S/c1-22(2,24-13-6-5-7-14-24)18-23-21(26)19-11-10-12-20(17-19)29(27,28)25-15-8-3-4-9-16-25/h10-12,17H,3-9,13-16,18H2,1-2H3,(H,23,26). The van der Waals surface area contributed by atoms with Gasteiger partial charge in [-0.1, -0.05) is 25.3 Å². The lowest BCUT2D eigenvalue weighted by Gasteiger charge is -2.41. The minimum Gasteiger partial charge on any atom is -0.350 e. The maximum atomic E-state index is 13.0. The van der Waals surface area contributed by atoms with Gasteiger partial charge in [0.1, 0.15) is 0 Å². The van der Waals surface area contributed by atoms with E-state index in [-0.39, 0.29) is 16.3 Å². The first-order valence-corrected chi connectivity index (χ1v) is 12.4. The van der Waals surface area contributed by atoms with Gasteiger partial charge in [0.15, 0.2) is 0 Å². The van der Waals surface area contributed by atoms with E-state index >= 15 is 0 Å². The Morgan fingerprint density at radius 1 is 0.966 bits per heavy atom. The molecule has 6 nitrogen and oxygen atoms in total. The Morgan fingerprint density at radius 2 is 1.55 bits per heavy atom. The Labute approximate surface area is 175 Å². The maximum absolute atomic E-state index is 13.0. The summed E-state index contributed by atoms with van der Waals surface area (Å²) in [4.78, 5) is 15.4. The van der Waals surface area contributed by atoms with Crippen molar-refractivity contribution in [1.29, 1.82) is 0 Å². The summed E-state index contributed by atoms with van der Waals surface area (Å²) in [7, 11) is -3.56. The first-order valence-electron chi connectivity index (χ1n) is 10.9. The number of nitrogens with zero attached hydrogens (tertiary/aromatic N) is 2. The smallest absolute Gasteiger partial charge is 0.251 e. The number of hydrogen-bond donors (Lipinski definition) is 1. The summed E-state index contributed by atoms with van der Waals surface area (Å²) in [6.07, 6.45) is 7.61. The molecule has 0 atom stereocenters. The molecule has 0 aliphatic carbocycles. The van der Waals surface area contributed by atoms with Gasteiger partial charge in [-0.15, -0.1) is 0 Å². The number of nitrogens with one attached hydrogen (secondary N) is 1. The zero-order valence-corrected chi connectivity index (χ0v) is 18.6. The van der Waals surface area contributed by atoms with Gasteiger partial charge in [-0.2, -0.15) is 4.31 Å². The minimum absolute atomic E-state index is 0.119. The van der Waals surface area contributed by atoms with Gasteiger partial charge in [-0.05, 0) is 70.8 Å². The number of benzene rings is 1. The molecule has 0 saturated carbocycles. The van der Waals surface area contributed by atoms with Crippen LogP contribution in [-0.2, 0) is 10.0 Å². The van der Waals surface area contributed by atoms with Crippen LogP contribution < -0.4 is 5.32 Å². The average Bonchev–Trinajstić information content (AvgIpc) is 3.03. The monoisotopic (exact) mass is 421 g/mol. The van der Waals surface area contributed by atoms with Crippen molar-refractivity contribution in [2.45, 2.75) is 69.2 Å². The fraction of sp³-hybridized carbons (Fsp3) is 0.682. The third-order valence-corrected chi connectivity index (χ3v) is 8.09. The van der Waals surface area contributed by atoms with Gasteiger partial charge in [0.2, 0.25) is 10.0 Å². The maximum Gasteiger partial charge on any atom is 0.251 e. The van der Waals surface area contributed by atoms with Crippen LogP contribution in [0.15, 0.2) is 29.2 Å². The van der Waals surface area contributed by atoms with Crippen molar-refractivity contribution in [3.8, 4) is 0 Å². The van der Waals surface area contributed by atoms with E-state index in [0.29, 0.717) is 25.2 Å². The summed E-state index contributed by atoms with van der Waals surface area (Å²) in [6, 6.07) is 6.46. The minimum atomic E-state index is -3.56. The van der Waals surface area contributed by atoms with Crippen molar-refractivity contribution in [3.63, 3.8) is 0 Å². The van der Waals surface area contributed by atoms with E-state index in [1.807, 2.05) is 0 Å². The molecule has 0 aromatic heterocycles. The third-order valence-electron chi connectivity index (χ3n) is 6.19. The SMILES string of the molecule is CC(C)(CNC(=O)c1cccc(S(=O)(=O)N2CCCCCC2)c1)N1CCCCC1. The Bertz CT molecular complexity index is 793. The van der Waals surface area contributed by atoms with Gasteiger partial charge in [-0.25, -0.2) is 8.42 Å².